The Bertz CT molecular complexity index is 491. The molecule has 1 aromatic carbocycles. The molecule has 1 amide bonds. The second kappa shape index (κ2) is 8.31. The molecule has 0 aliphatic carbocycles. The molecule has 0 bridgehead atoms. The Morgan fingerprint density at radius 2 is 1.62 bits per heavy atom. The molecule has 0 aliphatic rings. The lowest BCUT2D eigenvalue weighted by atomic mass is 10.1. The van der Waals surface area contributed by atoms with E-state index in [1.807, 2.05) is 0 Å². The first kappa shape index (κ1) is 17.9. The molecule has 118 valence electrons. The summed E-state index contributed by atoms with van der Waals surface area (Å²) >= 11 is 2.27. The summed E-state index contributed by atoms with van der Waals surface area (Å²) in [6.45, 7) is 4.16. The maximum Gasteiger partial charge on any atom is 0.255 e. The number of nitrogens with one attached hydrogen (secondary N) is 1. The molecule has 5 nitrogen and oxygen atoms in total. The number of methoxy groups -OCH3 is 3. The van der Waals surface area contributed by atoms with Gasteiger partial charge in [-0.3, -0.25) is 4.79 Å². The quantitative estimate of drug-likeness (QED) is 0.558. The molecule has 0 saturated carbocycles. The van der Waals surface area contributed by atoms with E-state index in [1.165, 1.54) is 14.2 Å². The van der Waals surface area contributed by atoms with Crippen molar-refractivity contribution < 1.29 is 19.0 Å². The van der Waals surface area contributed by atoms with Crippen molar-refractivity contribution in [3.63, 3.8) is 0 Å². The van der Waals surface area contributed by atoms with Crippen molar-refractivity contribution in [3.05, 3.63) is 17.7 Å². The van der Waals surface area contributed by atoms with E-state index in [-0.39, 0.29) is 11.9 Å². The Balaban J connectivity index is 3.13. The maximum atomic E-state index is 12.5. The number of carbonyl (C=O) groups is 1. The highest BCUT2D eigenvalue weighted by Gasteiger charge is 2.21. The Labute approximate surface area is 139 Å². The number of amides is 1. The minimum Gasteiger partial charge on any atom is -0.496 e. The van der Waals surface area contributed by atoms with E-state index in [2.05, 4.69) is 41.8 Å². The van der Waals surface area contributed by atoms with Crippen LogP contribution in [0.4, 0.5) is 0 Å². The van der Waals surface area contributed by atoms with Crippen LogP contribution in [0.1, 0.15) is 24.2 Å². The van der Waals surface area contributed by atoms with Crippen LogP contribution in [0.3, 0.4) is 0 Å². The maximum absolute atomic E-state index is 12.5. The van der Waals surface area contributed by atoms with Gasteiger partial charge in [0.1, 0.15) is 5.75 Å². The molecule has 0 heterocycles. The summed E-state index contributed by atoms with van der Waals surface area (Å²) in [5.41, 5.74) is 0.436. The van der Waals surface area contributed by atoms with Crippen LogP contribution in [0.5, 0.6) is 17.2 Å². The molecule has 0 radical (unpaired) electrons. The molecule has 1 rings (SSSR count). The standard InChI is InChI=1S/C15H22INO4/c1-9(2)11(8-16)17-15(18)10-6-13(20-4)14(21-5)7-12(10)19-3/h6-7,9,11H,8H2,1-5H3,(H,17,18). The third kappa shape index (κ3) is 4.39. The van der Waals surface area contributed by atoms with Gasteiger partial charge < -0.3 is 19.5 Å². The van der Waals surface area contributed by atoms with E-state index in [0.717, 1.165) is 4.43 Å². The van der Waals surface area contributed by atoms with E-state index in [4.69, 9.17) is 14.2 Å². The fraction of sp³-hybridized carbons (Fsp3) is 0.533. The van der Waals surface area contributed by atoms with Crippen molar-refractivity contribution in [3.8, 4) is 17.2 Å². The lowest BCUT2D eigenvalue weighted by molar-refractivity contribution is 0.0928. The third-order valence-corrected chi connectivity index (χ3v) is 4.19. The average molecular weight is 407 g/mol. The lowest BCUT2D eigenvalue weighted by Crippen LogP contribution is -2.39. The zero-order valence-electron chi connectivity index (χ0n) is 13.0. The Morgan fingerprint density at radius 3 is 2.05 bits per heavy atom. The number of hydrogen-bond donors (Lipinski definition) is 1. The normalized spacial score (nSPS) is 12.0. The van der Waals surface area contributed by atoms with Crippen LogP contribution in [0.15, 0.2) is 12.1 Å². The highest BCUT2D eigenvalue weighted by Crippen LogP contribution is 2.34. The topological polar surface area (TPSA) is 56.8 Å². The van der Waals surface area contributed by atoms with Crippen LogP contribution in [-0.4, -0.2) is 37.7 Å². The van der Waals surface area contributed by atoms with Crippen LogP contribution < -0.4 is 19.5 Å². The zero-order valence-corrected chi connectivity index (χ0v) is 15.2. The van der Waals surface area contributed by atoms with E-state index in [1.54, 1.807) is 19.2 Å². The predicted molar refractivity (Wildman–Crippen MR) is 91.1 cm³/mol. The first-order chi connectivity index (χ1) is 9.98. The van der Waals surface area contributed by atoms with Crippen LogP contribution in [0.25, 0.3) is 0 Å². The van der Waals surface area contributed by atoms with Gasteiger partial charge in [0, 0.05) is 22.6 Å². The van der Waals surface area contributed by atoms with Gasteiger partial charge in [0.25, 0.3) is 5.91 Å². The summed E-state index contributed by atoms with van der Waals surface area (Å²) in [4.78, 5) is 12.5. The molecule has 0 aliphatic heterocycles. The van der Waals surface area contributed by atoms with Crippen LogP contribution >= 0.6 is 22.6 Å². The Hall–Kier alpha value is -1.18. The van der Waals surface area contributed by atoms with Gasteiger partial charge in [0.15, 0.2) is 11.5 Å². The molecule has 0 spiro atoms. The molecular weight excluding hydrogens is 385 g/mol. The molecular formula is C15H22INO4. The third-order valence-electron chi connectivity index (χ3n) is 3.24. The molecule has 1 N–H and O–H groups in total. The van der Waals surface area contributed by atoms with Crippen molar-refractivity contribution in [2.24, 2.45) is 5.92 Å². The van der Waals surface area contributed by atoms with Crippen LogP contribution in [-0.2, 0) is 0 Å². The summed E-state index contributed by atoms with van der Waals surface area (Å²) in [7, 11) is 4.60. The SMILES string of the molecule is COc1cc(OC)c(C(=O)NC(CI)C(C)C)cc1OC. The number of halogens is 1. The molecule has 6 heteroatoms. The molecule has 0 aromatic heterocycles. The summed E-state index contributed by atoms with van der Waals surface area (Å²) in [6, 6.07) is 3.40. The fourth-order valence-corrected chi connectivity index (χ4v) is 3.07. The lowest BCUT2D eigenvalue weighted by Gasteiger charge is -2.21. The van der Waals surface area contributed by atoms with Gasteiger partial charge in [-0.15, -0.1) is 0 Å². The monoisotopic (exact) mass is 407 g/mol. The van der Waals surface area contributed by atoms with Crippen molar-refractivity contribution in [2.45, 2.75) is 19.9 Å². The molecule has 1 unspecified atom stereocenters. The smallest absolute Gasteiger partial charge is 0.255 e. The fourth-order valence-electron chi connectivity index (χ4n) is 1.84. The van der Waals surface area contributed by atoms with Crippen molar-refractivity contribution in [1.82, 2.24) is 5.32 Å². The number of alkyl halides is 1. The first-order valence-corrected chi connectivity index (χ1v) is 8.17. The molecule has 0 fully saturated rings. The van der Waals surface area contributed by atoms with Crippen LogP contribution in [0.2, 0.25) is 0 Å². The second-order valence-electron chi connectivity index (χ2n) is 4.89. The zero-order chi connectivity index (χ0) is 16.0. The van der Waals surface area contributed by atoms with Crippen molar-refractivity contribution >= 4 is 28.5 Å². The second-order valence-corrected chi connectivity index (χ2v) is 5.77. The Kier molecular flexibility index (Phi) is 7.07. The average Bonchev–Trinajstić information content (AvgIpc) is 2.50. The summed E-state index contributed by atoms with van der Waals surface area (Å²) in [5.74, 6) is 1.67. The van der Waals surface area contributed by atoms with E-state index < -0.39 is 0 Å². The summed E-state index contributed by atoms with van der Waals surface area (Å²) in [5, 5.41) is 3.02. The van der Waals surface area contributed by atoms with E-state index >= 15 is 0 Å². The van der Waals surface area contributed by atoms with Gasteiger partial charge in [0.05, 0.1) is 26.9 Å². The number of benzene rings is 1. The molecule has 1 aromatic rings. The van der Waals surface area contributed by atoms with Gasteiger partial charge in [-0.05, 0) is 5.92 Å². The highest BCUT2D eigenvalue weighted by molar-refractivity contribution is 14.1. The minimum absolute atomic E-state index is 0.107. The van der Waals surface area contributed by atoms with Gasteiger partial charge in [-0.25, -0.2) is 0 Å². The van der Waals surface area contributed by atoms with Crippen molar-refractivity contribution in [2.75, 3.05) is 25.8 Å². The van der Waals surface area contributed by atoms with Gasteiger partial charge in [0.2, 0.25) is 0 Å². The van der Waals surface area contributed by atoms with Gasteiger partial charge >= 0.3 is 0 Å². The molecule has 0 saturated heterocycles. The highest BCUT2D eigenvalue weighted by atomic mass is 127. The van der Waals surface area contributed by atoms with Crippen LogP contribution in [0, 0.1) is 5.92 Å². The predicted octanol–water partition coefficient (Wildman–Crippen LogP) is 2.90. The van der Waals surface area contributed by atoms with Crippen molar-refractivity contribution in [1.29, 1.82) is 0 Å². The van der Waals surface area contributed by atoms with E-state index in [9.17, 15) is 4.79 Å². The van der Waals surface area contributed by atoms with E-state index in [0.29, 0.717) is 28.7 Å². The van der Waals surface area contributed by atoms with Gasteiger partial charge in [-0.1, -0.05) is 36.4 Å². The molecule has 21 heavy (non-hydrogen) atoms. The molecule has 1 atom stereocenters. The summed E-state index contributed by atoms with van der Waals surface area (Å²) in [6.07, 6.45) is 0. The van der Waals surface area contributed by atoms with Gasteiger partial charge in [-0.2, -0.15) is 0 Å². The largest absolute Gasteiger partial charge is 0.496 e. The number of hydrogen-bond acceptors (Lipinski definition) is 4. The number of carbonyl (C=O) groups excluding carboxylic acids is 1. The number of ether oxygens (including phenoxy) is 3. The number of rotatable bonds is 7. The minimum atomic E-state index is -0.178. The first-order valence-electron chi connectivity index (χ1n) is 6.65. The summed E-state index contributed by atoms with van der Waals surface area (Å²) < 4.78 is 16.6. The Morgan fingerprint density at radius 1 is 1.10 bits per heavy atom.